The van der Waals surface area contributed by atoms with Crippen molar-refractivity contribution in [1.82, 2.24) is 4.90 Å². The summed E-state index contributed by atoms with van der Waals surface area (Å²) in [4.78, 5) is 14.5. The molecule has 1 fully saturated rings. The number of carbonyl (C=O) groups excluding carboxylic acids is 1. The Labute approximate surface area is 133 Å². The van der Waals surface area contributed by atoms with E-state index in [1.165, 1.54) is 12.1 Å². The summed E-state index contributed by atoms with van der Waals surface area (Å²) in [5.74, 6) is 1.33. The summed E-state index contributed by atoms with van der Waals surface area (Å²) in [6.45, 7) is 0.692. The van der Waals surface area contributed by atoms with Crippen LogP contribution in [0.2, 0.25) is 0 Å². The Morgan fingerprint density at radius 3 is 2.50 bits per heavy atom. The Kier molecular flexibility index (Phi) is 4.34. The molecule has 0 spiro atoms. The minimum absolute atomic E-state index is 0.0121. The minimum Gasteiger partial charge on any atom is -0.497 e. The molecule has 1 atom stereocenters. The summed E-state index contributed by atoms with van der Waals surface area (Å²) in [5, 5.41) is -0.0600. The lowest BCUT2D eigenvalue weighted by atomic mass is 10.1. The summed E-state index contributed by atoms with van der Waals surface area (Å²) in [6, 6.07) is 13.5. The number of thioether (sulfide) groups is 1. The van der Waals surface area contributed by atoms with Crippen LogP contribution in [0.3, 0.4) is 0 Å². The fraction of sp³-hybridized carbons (Fsp3) is 0.235. The van der Waals surface area contributed by atoms with Crippen LogP contribution in [-0.2, 0) is 0 Å². The van der Waals surface area contributed by atoms with Crippen molar-refractivity contribution in [3.8, 4) is 5.75 Å². The average Bonchev–Trinajstić information content (AvgIpc) is 3.04. The molecule has 2 aromatic rings. The van der Waals surface area contributed by atoms with E-state index in [9.17, 15) is 9.18 Å². The smallest absolute Gasteiger partial charge is 0.255 e. The van der Waals surface area contributed by atoms with Gasteiger partial charge in [-0.2, -0.15) is 0 Å². The van der Waals surface area contributed by atoms with Crippen LogP contribution in [0.5, 0.6) is 5.75 Å². The summed E-state index contributed by atoms with van der Waals surface area (Å²) in [5.41, 5.74) is 1.58. The highest BCUT2D eigenvalue weighted by Crippen LogP contribution is 2.38. The molecule has 1 heterocycles. The van der Waals surface area contributed by atoms with E-state index in [1.807, 2.05) is 4.90 Å². The second-order valence-electron chi connectivity index (χ2n) is 5.00. The van der Waals surface area contributed by atoms with Crippen molar-refractivity contribution >= 4 is 17.7 Å². The quantitative estimate of drug-likeness (QED) is 0.864. The van der Waals surface area contributed by atoms with Crippen LogP contribution in [0.1, 0.15) is 21.3 Å². The summed E-state index contributed by atoms with van der Waals surface area (Å²) in [7, 11) is 1.60. The molecule has 3 rings (SSSR count). The molecule has 1 aliphatic rings. The Balaban J connectivity index is 1.82. The standard InChI is InChI=1S/C17H16FNO2S/c1-21-15-8-4-12(5-9-15)16(20)19-10-11-22-17(19)13-2-6-14(18)7-3-13/h2-9,17H,10-11H2,1H3/t17-/m1/s1. The number of carbonyl (C=O) groups is 1. The Morgan fingerprint density at radius 2 is 1.86 bits per heavy atom. The summed E-state index contributed by atoms with van der Waals surface area (Å²) in [6.07, 6.45) is 0. The number of benzene rings is 2. The first-order valence-electron chi connectivity index (χ1n) is 7.01. The van der Waals surface area contributed by atoms with E-state index in [2.05, 4.69) is 0 Å². The van der Waals surface area contributed by atoms with Gasteiger partial charge in [0.05, 0.1) is 7.11 Å². The molecule has 0 aromatic heterocycles. The van der Waals surface area contributed by atoms with Gasteiger partial charge in [-0.15, -0.1) is 11.8 Å². The van der Waals surface area contributed by atoms with E-state index < -0.39 is 0 Å². The van der Waals surface area contributed by atoms with E-state index in [-0.39, 0.29) is 17.1 Å². The van der Waals surface area contributed by atoms with Gasteiger partial charge in [0, 0.05) is 17.9 Å². The number of methoxy groups -OCH3 is 1. The molecule has 1 amide bonds. The zero-order valence-electron chi connectivity index (χ0n) is 12.2. The van der Waals surface area contributed by atoms with Gasteiger partial charge in [0.1, 0.15) is 16.9 Å². The molecule has 0 aliphatic carbocycles. The molecule has 5 heteroatoms. The first kappa shape index (κ1) is 14.9. The van der Waals surface area contributed by atoms with Crippen LogP contribution in [-0.4, -0.2) is 30.2 Å². The van der Waals surface area contributed by atoms with Gasteiger partial charge >= 0.3 is 0 Å². The zero-order chi connectivity index (χ0) is 15.5. The van der Waals surface area contributed by atoms with Crippen molar-refractivity contribution in [2.75, 3.05) is 19.4 Å². The molecule has 0 saturated carbocycles. The maximum Gasteiger partial charge on any atom is 0.255 e. The van der Waals surface area contributed by atoms with E-state index in [0.717, 1.165) is 17.1 Å². The maximum atomic E-state index is 13.1. The fourth-order valence-electron chi connectivity index (χ4n) is 2.48. The van der Waals surface area contributed by atoms with Crippen LogP contribution in [0.4, 0.5) is 4.39 Å². The normalized spacial score (nSPS) is 17.5. The Morgan fingerprint density at radius 1 is 1.18 bits per heavy atom. The Bertz CT molecular complexity index is 657. The second kappa shape index (κ2) is 6.40. The highest BCUT2D eigenvalue weighted by molar-refractivity contribution is 7.99. The van der Waals surface area contributed by atoms with E-state index in [1.54, 1.807) is 55.3 Å². The Hall–Kier alpha value is -2.01. The third-order valence-electron chi connectivity index (χ3n) is 3.64. The molecule has 22 heavy (non-hydrogen) atoms. The zero-order valence-corrected chi connectivity index (χ0v) is 13.0. The first-order valence-corrected chi connectivity index (χ1v) is 8.06. The minimum atomic E-state index is -0.264. The number of amides is 1. The van der Waals surface area contributed by atoms with Gasteiger partial charge < -0.3 is 9.64 Å². The summed E-state index contributed by atoms with van der Waals surface area (Å²) >= 11 is 1.70. The lowest BCUT2D eigenvalue weighted by Gasteiger charge is -2.24. The van der Waals surface area contributed by atoms with Crippen LogP contribution in [0.15, 0.2) is 48.5 Å². The molecule has 2 aromatic carbocycles. The SMILES string of the molecule is COc1ccc(C(=O)N2CCS[C@@H]2c2ccc(F)cc2)cc1. The number of hydrogen-bond acceptors (Lipinski definition) is 3. The van der Waals surface area contributed by atoms with E-state index in [0.29, 0.717) is 12.1 Å². The van der Waals surface area contributed by atoms with Crippen molar-refractivity contribution in [3.63, 3.8) is 0 Å². The topological polar surface area (TPSA) is 29.5 Å². The highest BCUT2D eigenvalue weighted by Gasteiger charge is 2.31. The van der Waals surface area contributed by atoms with Gasteiger partial charge in [-0.25, -0.2) is 4.39 Å². The summed E-state index contributed by atoms with van der Waals surface area (Å²) < 4.78 is 18.2. The van der Waals surface area contributed by atoms with Gasteiger partial charge in [0.15, 0.2) is 0 Å². The van der Waals surface area contributed by atoms with Crippen molar-refractivity contribution < 1.29 is 13.9 Å². The molecular weight excluding hydrogens is 301 g/mol. The number of hydrogen-bond donors (Lipinski definition) is 0. The highest BCUT2D eigenvalue weighted by atomic mass is 32.2. The number of halogens is 1. The molecule has 114 valence electrons. The van der Waals surface area contributed by atoms with Gasteiger partial charge in [0.2, 0.25) is 0 Å². The van der Waals surface area contributed by atoms with Crippen molar-refractivity contribution in [3.05, 3.63) is 65.5 Å². The van der Waals surface area contributed by atoms with Crippen LogP contribution in [0, 0.1) is 5.82 Å². The molecule has 0 unspecified atom stereocenters. The second-order valence-corrected chi connectivity index (χ2v) is 6.19. The van der Waals surface area contributed by atoms with Gasteiger partial charge in [-0.1, -0.05) is 12.1 Å². The number of nitrogens with zero attached hydrogens (tertiary/aromatic N) is 1. The van der Waals surface area contributed by atoms with Crippen molar-refractivity contribution in [2.45, 2.75) is 5.37 Å². The fourth-order valence-corrected chi connectivity index (χ4v) is 3.74. The molecule has 0 N–H and O–H groups in total. The third kappa shape index (κ3) is 2.95. The van der Waals surface area contributed by atoms with Crippen LogP contribution in [0.25, 0.3) is 0 Å². The largest absolute Gasteiger partial charge is 0.497 e. The average molecular weight is 317 g/mol. The molecule has 0 radical (unpaired) electrons. The number of rotatable bonds is 3. The van der Waals surface area contributed by atoms with E-state index >= 15 is 0 Å². The lowest BCUT2D eigenvalue weighted by molar-refractivity contribution is 0.0760. The number of ether oxygens (including phenoxy) is 1. The lowest BCUT2D eigenvalue weighted by Crippen LogP contribution is -2.30. The molecule has 1 saturated heterocycles. The molecule has 0 bridgehead atoms. The van der Waals surface area contributed by atoms with E-state index in [4.69, 9.17) is 4.74 Å². The first-order chi connectivity index (χ1) is 10.7. The molecule has 3 nitrogen and oxygen atoms in total. The van der Waals surface area contributed by atoms with Crippen molar-refractivity contribution in [1.29, 1.82) is 0 Å². The van der Waals surface area contributed by atoms with Crippen LogP contribution >= 0.6 is 11.8 Å². The molecule has 1 aliphatic heterocycles. The molecular formula is C17H16FNO2S. The predicted molar refractivity (Wildman–Crippen MR) is 85.6 cm³/mol. The van der Waals surface area contributed by atoms with Gasteiger partial charge in [0.25, 0.3) is 5.91 Å². The monoisotopic (exact) mass is 317 g/mol. The van der Waals surface area contributed by atoms with Crippen molar-refractivity contribution in [2.24, 2.45) is 0 Å². The maximum absolute atomic E-state index is 13.1. The van der Waals surface area contributed by atoms with Crippen LogP contribution < -0.4 is 4.74 Å². The third-order valence-corrected chi connectivity index (χ3v) is 4.90. The van der Waals surface area contributed by atoms with Gasteiger partial charge in [-0.05, 0) is 42.0 Å². The predicted octanol–water partition coefficient (Wildman–Crippen LogP) is 3.72. The van der Waals surface area contributed by atoms with Gasteiger partial charge in [-0.3, -0.25) is 4.79 Å².